The number of aromatic nitrogens is 1. The van der Waals surface area contributed by atoms with Gasteiger partial charge in [-0.15, -0.1) is 11.3 Å². The van der Waals surface area contributed by atoms with Gasteiger partial charge in [0.25, 0.3) is 0 Å². The lowest BCUT2D eigenvalue weighted by molar-refractivity contribution is 0.131. The normalized spacial score (nSPS) is 33.0. The fourth-order valence-corrected chi connectivity index (χ4v) is 4.16. The SMILES string of the molecule is Cc1nc(C(C)N(C)C2CC3CCC(C2)N3)cs1. The van der Waals surface area contributed by atoms with Crippen LogP contribution in [0.15, 0.2) is 5.38 Å². The van der Waals surface area contributed by atoms with Crippen molar-refractivity contribution in [2.45, 2.75) is 63.7 Å². The Kier molecular flexibility index (Phi) is 3.43. The maximum absolute atomic E-state index is 4.64. The van der Waals surface area contributed by atoms with Gasteiger partial charge in [0.05, 0.1) is 16.7 Å². The third kappa shape index (κ3) is 2.33. The zero-order valence-corrected chi connectivity index (χ0v) is 12.3. The van der Waals surface area contributed by atoms with Gasteiger partial charge in [0.2, 0.25) is 0 Å². The largest absolute Gasteiger partial charge is 0.311 e. The van der Waals surface area contributed by atoms with Crippen LogP contribution in [-0.4, -0.2) is 35.1 Å². The molecule has 100 valence electrons. The average molecular weight is 265 g/mol. The van der Waals surface area contributed by atoms with Crippen LogP contribution in [0.25, 0.3) is 0 Å². The van der Waals surface area contributed by atoms with Crippen LogP contribution in [0.2, 0.25) is 0 Å². The quantitative estimate of drug-likeness (QED) is 0.911. The molecule has 18 heavy (non-hydrogen) atoms. The summed E-state index contributed by atoms with van der Waals surface area (Å²) in [6, 6.07) is 2.69. The summed E-state index contributed by atoms with van der Waals surface area (Å²) < 4.78 is 0. The minimum Gasteiger partial charge on any atom is -0.311 e. The van der Waals surface area contributed by atoms with Crippen molar-refractivity contribution in [2.24, 2.45) is 0 Å². The fourth-order valence-electron chi connectivity index (χ4n) is 3.46. The molecule has 2 bridgehead atoms. The Bertz CT molecular complexity index is 405. The number of nitrogens with zero attached hydrogens (tertiary/aromatic N) is 2. The summed E-state index contributed by atoms with van der Waals surface area (Å²) in [6.07, 6.45) is 5.36. The van der Waals surface area contributed by atoms with Gasteiger partial charge in [-0.3, -0.25) is 4.90 Å². The number of hydrogen-bond donors (Lipinski definition) is 1. The van der Waals surface area contributed by atoms with Crippen LogP contribution in [0.4, 0.5) is 0 Å². The third-order valence-electron chi connectivity index (χ3n) is 4.70. The molecule has 3 atom stereocenters. The van der Waals surface area contributed by atoms with E-state index < -0.39 is 0 Å². The molecule has 2 fully saturated rings. The molecule has 3 heterocycles. The van der Waals surface area contributed by atoms with E-state index in [1.165, 1.54) is 36.4 Å². The lowest BCUT2D eigenvalue weighted by Crippen LogP contribution is -2.47. The van der Waals surface area contributed by atoms with Crippen LogP contribution < -0.4 is 5.32 Å². The van der Waals surface area contributed by atoms with Crippen molar-refractivity contribution >= 4 is 11.3 Å². The van der Waals surface area contributed by atoms with E-state index in [9.17, 15) is 0 Å². The van der Waals surface area contributed by atoms with Gasteiger partial charge in [-0.2, -0.15) is 0 Å². The van der Waals surface area contributed by atoms with E-state index in [0.717, 1.165) is 18.1 Å². The molecule has 1 aromatic rings. The van der Waals surface area contributed by atoms with E-state index in [-0.39, 0.29) is 0 Å². The number of nitrogens with one attached hydrogen (secondary N) is 1. The molecule has 1 N–H and O–H groups in total. The van der Waals surface area contributed by atoms with Gasteiger partial charge in [0, 0.05) is 23.5 Å². The van der Waals surface area contributed by atoms with E-state index in [1.54, 1.807) is 11.3 Å². The van der Waals surface area contributed by atoms with E-state index in [1.807, 2.05) is 0 Å². The van der Waals surface area contributed by atoms with Gasteiger partial charge in [-0.25, -0.2) is 4.98 Å². The van der Waals surface area contributed by atoms with E-state index in [2.05, 4.69) is 41.5 Å². The molecule has 0 aliphatic carbocycles. The predicted molar refractivity (Wildman–Crippen MR) is 76.0 cm³/mol. The lowest BCUT2D eigenvalue weighted by atomic mass is 9.97. The summed E-state index contributed by atoms with van der Waals surface area (Å²) in [7, 11) is 2.27. The molecule has 3 nitrogen and oxygen atoms in total. The van der Waals surface area contributed by atoms with Crippen molar-refractivity contribution in [3.05, 3.63) is 16.1 Å². The number of fused-ring (bicyclic) bond motifs is 2. The highest BCUT2D eigenvalue weighted by Crippen LogP contribution is 2.33. The maximum atomic E-state index is 4.64. The molecule has 2 saturated heterocycles. The highest BCUT2D eigenvalue weighted by Gasteiger charge is 2.36. The highest BCUT2D eigenvalue weighted by atomic mass is 32.1. The molecule has 3 unspecified atom stereocenters. The van der Waals surface area contributed by atoms with Gasteiger partial charge in [0.1, 0.15) is 0 Å². The number of hydrogen-bond acceptors (Lipinski definition) is 4. The van der Waals surface area contributed by atoms with Gasteiger partial charge >= 0.3 is 0 Å². The lowest BCUT2D eigenvalue weighted by Gasteiger charge is -2.38. The first kappa shape index (κ1) is 12.6. The second-order valence-corrected chi connectivity index (χ2v) is 6.96. The Morgan fingerprint density at radius 3 is 2.61 bits per heavy atom. The predicted octanol–water partition coefficient (Wildman–Crippen LogP) is 2.73. The van der Waals surface area contributed by atoms with Crippen LogP contribution in [0.3, 0.4) is 0 Å². The molecule has 0 aromatic carbocycles. The molecule has 3 rings (SSSR count). The summed E-state index contributed by atoms with van der Waals surface area (Å²) in [5.74, 6) is 0. The van der Waals surface area contributed by atoms with Crippen molar-refractivity contribution in [2.75, 3.05) is 7.05 Å². The van der Waals surface area contributed by atoms with Crippen molar-refractivity contribution < 1.29 is 0 Å². The number of thiazole rings is 1. The van der Waals surface area contributed by atoms with Crippen LogP contribution in [-0.2, 0) is 0 Å². The second kappa shape index (κ2) is 4.91. The summed E-state index contributed by atoms with van der Waals surface area (Å²) in [4.78, 5) is 7.18. The summed E-state index contributed by atoms with van der Waals surface area (Å²) >= 11 is 1.76. The van der Waals surface area contributed by atoms with E-state index in [0.29, 0.717) is 6.04 Å². The van der Waals surface area contributed by atoms with E-state index in [4.69, 9.17) is 0 Å². The Morgan fingerprint density at radius 1 is 1.39 bits per heavy atom. The molecule has 0 spiro atoms. The molecule has 2 aliphatic rings. The summed E-state index contributed by atoms with van der Waals surface area (Å²) in [6.45, 7) is 4.38. The molecular formula is C14H23N3S. The third-order valence-corrected chi connectivity index (χ3v) is 5.49. The molecule has 0 amide bonds. The number of piperidine rings is 1. The van der Waals surface area contributed by atoms with Crippen LogP contribution >= 0.6 is 11.3 Å². The van der Waals surface area contributed by atoms with Crippen molar-refractivity contribution in [3.8, 4) is 0 Å². The molecule has 0 radical (unpaired) electrons. The minimum atomic E-state index is 0.442. The summed E-state index contributed by atoms with van der Waals surface area (Å²) in [5.41, 5.74) is 1.24. The standard InChI is InChI=1S/C14H23N3S/c1-9(14-8-18-10(2)15-14)17(3)13-6-11-4-5-12(7-13)16-11/h8-9,11-13,16H,4-7H2,1-3H3. The van der Waals surface area contributed by atoms with Crippen molar-refractivity contribution in [1.82, 2.24) is 15.2 Å². The first-order valence-electron chi connectivity index (χ1n) is 7.03. The molecule has 0 saturated carbocycles. The molecular weight excluding hydrogens is 242 g/mol. The van der Waals surface area contributed by atoms with Crippen molar-refractivity contribution in [1.29, 1.82) is 0 Å². The monoisotopic (exact) mass is 265 g/mol. The first-order chi connectivity index (χ1) is 8.63. The Balaban J connectivity index is 1.68. The molecule has 1 aromatic heterocycles. The minimum absolute atomic E-state index is 0.442. The van der Waals surface area contributed by atoms with Gasteiger partial charge in [-0.05, 0) is 46.6 Å². The Morgan fingerprint density at radius 2 is 2.06 bits per heavy atom. The second-order valence-electron chi connectivity index (χ2n) is 5.90. The zero-order chi connectivity index (χ0) is 12.7. The van der Waals surface area contributed by atoms with Crippen molar-refractivity contribution in [3.63, 3.8) is 0 Å². The highest BCUT2D eigenvalue weighted by molar-refractivity contribution is 7.09. The van der Waals surface area contributed by atoms with E-state index >= 15 is 0 Å². The molecule has 4 heteroatoms. The van der Waals surface area contributed by atoms with Crippen LogP contribution in [0.1, 0.15) is 49.4 Å². The van der Waals surface area contributed by atoms with Gasteiger partial charge < -0.3 is 5.32 Å². The Hall–Kier alpha value is -0.450. The smallest absolute Gasteiger partial charge is 0.0898 e. The summed E-state index contributed by atoms with van der Waals surface area (Å²) in [5, 5.41) is 7.11. The zero-order valence-electron chi connectivity index (χ0n) is 11.5. The Labute approximate surface area is 114 Å². The fraction of sp³-hybridized carbons (Fsp3) is 0.786. The maximum Gasteiger partial charge on any atom is 0.0898 e. The number of aryl methyl sites for hydroxylation is 1. The average Bonchev–Trinajstić information content (AvgIpc) is 2.94. The first-order valence-corrected chi connectivity index (χ1v) is 7.91. The van der Waals surface area contributed by atoms with Crippen LogP contribution in [0, 0.1) is 6.92 Å². The molecule has 2 aliphatic heterocycles. The van der Waals surface area contributed by atoms with Gasteiger partial charge in [-0.1, -0.05) is 0 Å². The van der Waals surface area contributed by atoms with Gasteiger partial charge in [0.15, 0.2) is 0 Å². The van der Waals surface area contributed by atoms with Crippen LogP contribution in [0.5, 0.6) is 0 Å². The number of rotatable bonds is 3. The topological polar surface area (TPSA) is 28.2 Å².